The van der Waals surface area contributed by atoms with Crippen molar-refractivity contribution in [2.75, 3.05) is 13.1 Å². The number of H-pyrrole nitrogens is 1. The minimum Gasteiger partial charge on any atom is -0.358 e. The van der Waals surface area contributed by atoms with Gasteiger partial charge >= 0.3 is 0 Å². The van der Waals surface area contributed by atoms with E-state index in [0.29, 0.717) is 13.1 Å². The van der Waals surface area contributed by atoms with E-state index in [1.165, 1.54) is 12.1 Å². The Labute approximate surface area is 152 Å². The van der Waals surface area contributed by atoms with Crippen LogP contribution in [-0.4, -0.2) is 40.8 Å². The molecule has 0 spiro atoms. The molecule has 140 valence electrons. The number of amides is 2. The molecule has 6 heteroatoms. The highest BCUT2D eigenvalue weighted by atomic mass is 19.1. The molecule has 0 aliphatic carbocycles. The van der Waals surface area contributed by atoms with E-state index < -0.39 is 0 Å². The first kappa shape index (κ1) is 18.4. The molecule has 5 nitrogen and oxygen atoms in total. The summed E-state index contributed by atoms with van der Waals surface area (Å²) in [5.74, 6) is -0.464. The molecule has 0 bridgehead atoms. The first-order valence-corrected chi connectivity index (χ1v) is 9.20. The van der Waals surface area contributed by atoms with Gasteiger partial charge in [0.1, 0.15) is 5.82 Å². The number of likely N-dealkylation sites (tertiary alicyclic amines) is 1. The molecule has 3 rings (SSSR count). The summed E-state index contributed by atoms with van der Waals surface area (Å²) < 4.78 is 13.6. The van der Waals surface area contributed by atoms with Gasteiger partial charge in [0.25, 0.3) is 0 Å². The molecule has 1 aliphatic heterocycles. The van der Waals surface area contributed by atoms with E-state index in [1.807, 2.05) is 20.8 Å². The lowest BCUT2D eigenvalue weighted by Crippen LogP contribution is -2.47. The van der Waals surface area contributed by atoms with Crippen molar-refractivity contribution in [3.8, 4) is 0 Å². The van der Waals surface area contributed by atoms with Crippen LogP contribution in [-0.2, 0) is 16.0 Å². The molecule has 1 aromatic heterocycles. The van der Waals surface area contributed by atoms with Crippen molar-refractivity contribution >= 4 is 22.7 Å². The second-order valence-electron chi connectivity index (χ2n) is 7.44. The zero-order valence-corrected chi connectivity index (χ0v) is 15.6. The third kappa shape index (κ3) is 3.89. The number of rotatable bonds is 4. The Hall–Kier alpha value is -2.37. The molecule has 1 aromatic carbocycles. The average Bonchev–Trinajstić information content (AvgIpc) is 2.89. The van der Waals surface area contributed by atoms with E-state index in [-0.39, 0.29) is 36.0 Å². The van der Waals surface area contributed by atoms with Gasteiger partial charge in [-0.05, 0) is 57.4 Å². The topological polar surface area (TPSA) is 65.2 Å². The molecule has 0 unspecified atom stereocenters. The van der Waals surface area contributed by atoms with Gasteiger partial charge < -0.3 is 15.2 Å². The van der Waals surface area contributed by atoms with E-state index in [4.69, 9.17) is 0 Å². The Bertz CT molecular complexity index is 828. The minimum atomic E-state index is -0.311. The molecule has 0 radical (unpaired) electrons. The van der Waals surface area contributed by atoms with Crippen molar-refractivity contribution in [3.05, 3.63) is 35.3 Å². The second-order valence-corrected chi connectivity index (χ2v) is 7.44. The standard InChI is InChI=1S/C20H26FN3O2/c1-12(2)22-20(26)14-5-4-8-24(11-14)19(25)10-16-13(3)23-18-7-6-15(21)9-17(16)18/h6-7,9,12,14,23H,4-5,8,10-11H2,1-3H3,(H,22,26)/t14-/m1/s1. The lowest BCUT2D eigenvalue weighted by Gasteiger charge is -2.32. The van der Waals surface area contributed by atoms with Crippen molar-refractivity contribution in [3.63, 3.8) is 0 Å². The number of aromatic amines is 1. The molecule has 2 heterocycles. The number of nitrogens with one attached hydrogen (secondary N) is 2. The summed E-state index contributed by atoms with van der Waals surface area (Å²) in [5, 5.41) is 3.69. The maximum absolute atomic E-state index is 13.6. The van der Waals surface area contributed by atoms with Crippen LogP contribution in [0.4, 0.5) is 4.39 Å². The van der Waals surface area contributed by atoms with E-state index >= 15 is 0 Å². The summed E-state index contributed by atoms with van der Waals surface area (Å²) in [5.41, 5.74) is 2.54. The lowest BCUT2D eigenvalue weighted by atomic mass is 9.96. The van der Waals surface area contributed by atoms with E-state index in [1.54, 1.807) is 11.0 Å². The molecule has 2 amide bonds. The van der Waals surface area contributed by atoms with Crippen LogP contribution >= 0.6 is 0 Å². The van der Waals surface area contributed by atoms with Gasteiger partial charge in [-0.25, -0.2) is 4.39 Å². The van der Waals surface area contributed by atoms with E-state index in [0.717, 1.165) is 35.0 Å². The molecule has 1 saturated heterocycles. The van der Waals surface area contributed by atoms with Gasteiger partial charge in [0.05, 0.1) is 12.3 Å². The molecule has 2 aromatic rings. The smallest absolute Gasteiger partial charge is 0.227 e. The molecule has 26 heavy (non-hydrogen) atoms. The highest BCUT2D eigenvalue weighted by Crippen LogP contribution is 2.25. The average molecular weight is 359 g/mol. The van der Waals surface area contributed by atoms with Crippen molar-refractivity contribution < 1.29 is 14.0 Å². The maximum atomic E-state index is 13.6. The number of halogens is 1. The number of aryl methyl sites for hydroxylation is 1. The summed E-state index contributed by atoms with van der Waals surface area (Å²) in [7, 11) is 0. The van der Waals surface area contributed by atoms with Crippen LogP contribution in [0.5, 0.6) is 0 Å². The van der Waals surface area contributed by atoms with Crippen LogP contribution in [0.25, 0.3) is 10.9 Å². The first-order valence-electron chi connectivity index (χ1n) is 9.20. The fourth-order valence-corrected chi connectivity index (χ4v) is 3.67. The third-order valence-corrected chi connectivity index (χ3v) is 4.99. The quantitative estimate of drug-likeness (QED) is 0.882. The summed E-state index contributed by atoms with van der Waals surface area (Å²) in [4.78, 5) is 30.1. The Morgan fingerprint density at radius 2 is 2.15 bits per heavy atom. The van der Waals surface area contributed by atoms with Gasteiger partial charge in [-0.2, -0.15) is 0 Å². The third-order valence-electron chi connectivity index (χ3n) is 4.99. The number of aromatic nitrogens is 1. The van der Waals surface area contributed by atoms with Gasteiger partial charge in [0.15, 0.2) is 0 Å². The number of fused-ring (bicyclic) bond motifs is 1. The summed E-state index contributed by atoms with van der Waals surface area (Å²) in [6.07, 6.45) is 1.84. The Kier molecular flexibility index (Phi) is 5.30. The molecular formula is C20H26FN3O2. The molecule has 1 fully saturated rings. The van der Waals surface area contributed by atoms with Crippen LogP contribution in [0.2, 0.25) is 0 Å². The Morgan fingerprint density at radius 3 is 2.88 bits per heavy atom. The summed E-state index contributed by atoms with van der Waals surface area (Å²) in [6, 6.07) is 4.67. The number of hydrogen-bond donors (Lipinski definition) is 2. The maximum Gasteiger partial charge on any atom is 0.227 e. The van der Waals surface area contributed by atoms with E-state index in [9.17, 15) is 14.0 Å². The largest absolute Gasteiger partial charge is 0.358 e. The van der Waals surface area contributed by atoms with Gasteiger partial charge in [-0.1, -0.05) is 0 Å². The van der Waals surface area contributed by atoms with E-state index in [2.05, 4.69) is 10.3 Å². The minimum absolute atomic E-state index is 0.0136. The van der Waals surface area contributed by atoms with Crippen LogP contribution in [0.1, 0.15) is 37.9 Å². The fraction of sp³-hybridized carbons (Fsp3) is 0.500. The molecular weight excluding hydrogens is 333 g/mol. The van der Waals surface area contributed by atoms with Crippen LogP contribution in [0.3, 0.4) is 0 Å². The Morgan fingerprint density at radius 1 is 1.38 bits per heavy atom. The predicted molar refractivity (Wildman–Crippen MR) is 99.3 cm³/mol. The molecule has 1 aliphatic rings. The van der Waals surface area contributed by atoms with Crippen molar-refractivity contribution in [2.45, 2.75) is 46.1 Å². The van der Waals surface area contributed by atoms with Gasteiger partial charge in [0, 0.05) is 35.7 Å². The first-order chi connectivity index (χ1) is 12.3. The normalized spacial score (nSPS) is 17.7. The number of benzene rings is 1. The zero-order chi connectivity index (χ0) is 18.8. The number of nitrogens with zero attached hydrogens (tertiary/aromatic N) is 1. The second kappa shape index (κ2) is 7.48. The Balaban J connectivity index is 1.73. The van der Waals surface area contributed by atoms with Gasteiger partial charge in [0.2, 0.25) is 11.8 Å². The highest BCUT2D eigenvalue weighted by Gasteiger charge is 2.29. The number of hydrogen-bond acceptors (Lipinski definition) is 2. The number of carbonyl (C=O) groups excluding carboxylic acids is 2. The molecule has 2 N–H and O–H groups in total. The molecule has 1 atom stereocenters. The van der Waals surface area contributed by atoms with Gasteiger partial charge in [-0.15, -0.1) is 0 Å². The number of piperidine rings is 1. The highest BCUT2D eigenvalue weighted by molar-refractivity contribution is 5.90. The SMILES string of the molecule is Cc1[nH]c2ccc(F)cc2c1CC(=O)N1CCC[C@@H](C(=O)NC(C)C)C1. The van der Waals surface area contributed by atoms with Gasteiger partial charge in [-0.3, -0.25) is 9.59 Å². The summed E-state index contributed by atoms with van der Waals surface area (Å²) >= 11 is 0. The van der Waals surface area contributed by atoms with Crippen LogP contribution in [0.15, 0.2) is 18.2 Å². The van der Waals surface area contributed by atoms with Crippen molar-refractivity contribution in [1.82, 2.24) is 15.2 Å². The monoisotopic (exact) mass is 359 g/mol. The predicted octanol–water partition coefficient (Wildman–Crippen LogP) is 2.92. The fourth-order valence-electron chi connectivity index (χ4n) is 3.67. The lowest BCUT2D eigenvalue weighted by molar-refractivity contribution is -0.135. The zero-order valence-electron chi connectivity index (χ0n) is 15.6. The van der Waals surface area contributed by atoms with Crippen molar-refractivity contribution in [1.29, 1.82) is 0 Å². The van der Waals surface area contributed by atoms with Crippen LogP contribution < -0.4 is 5.32 Å². The van der Waals surface area contributed by atoms with Crippen molar-refractivity contribution in [2.24, 2.45) is 5.92 Å². The molecule has 0 saturated carbocycles. The summed E-state index contributed by atoms with van der Waals surface area (Å²) in [6.45, 7) is 6.88. The van der Waals surface area contributed by atoms with Crippen LogP contribution in [0, 0.1) is 18.7 Å². The number of carbonyl (C=O) groups is 2.